The van der Waals surface area contributed by atoms with Crippen LogP contribution in [0.3, 0.4) is 0 Å². The first-order valence-corrected chi connectivity index (χ1v) is 9.93. The zero-order valence-corrected chi connectivity index (χ0v) is 17.8. The number of carbonyl (C=O) groups excluding carboxylic acids is 2. The molecule has 0 heterocycles. The summed E-state index contributed by atoms with van der Waals surface area (Å²) in [4.78, 5) is 25.9. The zero-order chi connectivity index (χ0) is 21.2. The lowest BCUT2D eigenvalue weighted by Crippen LogP contribution is -2.29. The Balaban J connectivity index is 2.05. The van der Waals surface area contributed by atoms with E-state index in [2.05, 4.69) is 10.6 Å². The monoisotopic (exact) mass is 418 g/mol. The number of ether oxygens (including phenoxy) is 3. The fraction of sp³-hybridized carbons (Fsp3) is 0.333. The summed E-state index contributed by atoms with van der Waals surface area (Å²) in [6.07, 6.45) is 0. The van der Waals surface area contributed by atoms with E-state index in [-0.39, 0.29) is 11.8 Å². The van der Waals surface area contributed by atoms with Crippen molar-refractivity contribution in [1.82, 2.24) is 5.32 Å². The molecule has 0 aliphatic heterocycles. The molecule has 29 heavy (non-hydrogen) atoms. The molecule has 0 saturated heterocycles. The largest absolute Gasteiger partial charge is 0.493 e. The minimum absolute atomic E-state index is 0.207. The maximum Gasteiger partial charge on any atom is 0.253 e. The number of para-hydroxylation sites is 1. The van der Waals surface area contributed by atoms with Crippen molar-refractivity contribution in [2.45, 2.75) is 17.1 Å². The fourth-order valence-electron chi connectivity index (χ4n) is 2.53. The minimum atomic E-state index is -0.391. The summed E-state index contributed by atoms with van der Waals surface area (Å²) in [6.45, 7) is 2.61. The van der Waals surface area contributed by atoms with Gasteiger partial charge in [-0.3, -0.25) is 9.59 Å². The molecule has 0 saturated carbocycles. The standard InChI is InChI=1S/C21H26N2O5S/c1-14(29-15-9-10-18(27-3)19(13-15)28-4)20(24)23-17-8-6-5-7-16(17)21(25)22-11-12-26-2/h5-10,13-14H,11-12H2,1-4H3,(H,22,25)(H,23,24)/t14-/m1/s1. The Morgan fingerprint density at radius 1 is 1.03 bits per heavy atom. The zero-order valence-electron chi connectivity index (χ0n) is 17.0. The van der Waals surface area contributed by atoms with Gasteiger partial charge in [0.05, 0.1) is 37.3 Å². The predicted molar refractivity (Wildman–Crippen MR) is 114 cm³/mol. The van der Waals surface area contributed by atoms with E-state index in [1.165, 1.54) is 11.8 Å². The van der Waals surface area contributed by atoms with Crippen molar-refractivity contribution in [3.63, 3.8) is 0 Å². The van der Waals surface area contributed by atoms with Gasteiger partial charge in [0, 0.05) is 18.6 Å². The maximum absolute atomic E-state index is 12.7. The van der Waals surface area contributed by atoms with E-state index in [1.807, 2.05) is 12.1 Å². The van der Waals surface area contributed by atoms with Crippen LogP contribution in [-0.2, 0) is 9.53 Å². The molecule has 0 aliphatic rings. The number of anilines is 1. The third-order valence-electron chi connectivity index (χ3n) is 4.06. The lowest BCUT2D eigenvalue weighted by atomic mass is 10.1. The van der Waals surface area contributed by atoms with E-state index >= 15 is 0 Å². The molecule has 2 aromatic carbocycles. The number of rotatable bonds is 10. The SMILES string of the molecule is COCCNC(=O)c1ccccc1NC(=O)[C@@H](C)Sc1ccc(OC)c(OC)c1. The van der Waals surface area contributed by atoms with E-state index in [4.69, 9.17) is 14.2 Å². The summed E-state index contributed by atoms with van der Waals surface area (Å²) in [5, 5.41) is 5.21. The third-order valence-corrected chi connectivity index (χ3v) is 5.15. The van der Waals surface area contributed by atoms with Gasteiger partial charge in [-0.05, 0) is 37.3 Å². The summed E-state index contributed by atoms with van der Waals surface area (Å²) >= 11 is 1.39. The molecular weight excluding hydrogens is 392 g/mol. The average molecular weight is 419 g/mol. The molecule has 7 nitrogen and oxygen atoms in total. The van der Waals surface area contributed by atoms with E-state index in [1.54, 1.807) is 58.6 Å². The molecule has 0 unspecified atom stereocenters. The third kappa shape index (κ3) is 6.40. The van der Waals surface area contributed by atoms with Gasteiger partial charge in [0.25, 0.3) is 5.91 Å². The van der Waals surface area contributed by atoms with Gasteiger partial charge in [-0.2, -0.15) is 0 Å². The molecule has 1 atom stereocenters. The maximum atomic E-state index is 12.7. The van der Waals surface area contributed by atoms with Gasteiger partial charge in [0.2, 0.25) is 5.91 Å². The summed E-state index contributed by atoms with van der Waals surface area (Å²) in [7, 11) is 4.71. The quantitative estimate of drug-likeness (QED) is 0.455. The number of carbonyl (C=O) groups is 2. The Bertz CT molecular complexity index is 844. The molecule has 0 fully saturated rings. The highest BCUT2D eigenvalue weighted by Gasteiger charge is 2.18. The second-order valence-corrected chi connectivity index (χ2v) is 7.47. The Morgan fingerprint density at radius 3 is 2.45 bits per heavy atom. The van der Waals surface area contributed by atoms with Crippen LogP contribution < -0.4 is 20.1 Å². The smallest absolute Gasteiger partial charge is 0.253 e. The number of methoxy groups -OCH3 is 3. The number of hydrogen-bond acceptors (Lipinski definition) is 6. The van der Waals surface area contributed by atoms with Crippen LogP contribution in [0.4, 0.5) is 5.69 Å². The van der Waals surface area contributed by atoms with Gasteiger partial charge in [-0.1, -0.05) is 12.1 Å². The number of hydrogen-bond donors (Lipinski definition) is 2. The predicted octanol–water partition coefficient (Wildman–Crippen LogP) is 3.20. The summed E-state index contributed by atoms with van der Waals surface area (Å²) in [6, 6.07) is 12.4. The van der Waals surface area contributed by atoms with Crippen LogP contribution in [0, 0.1) is 0 Å². The highest BCUT2D eigenvalue weighted by atomic mass is 32.2. The van der Waals surface area contributed by atoms with Gasteiger partial charge < -0.3 is 24.8 Å². The van der Waals surface area contributed by atoms with Crippen molar-refractivity contribution >= 4 is 29.3 Å². The molecule has 0 aromatic heterocycles. The highest BCUT2D eigenvalue weighted by molar-refractivity contribution is 8.00. The lowest BCUT2D eigenvalue weighted by molar-refractivity contribution is -0.115. The van der Waals surface area contributed by atoms with E-state index < -0.39 is 5.25 Å². The molecule has 2 aromatic rings. The fourth-order valence-corrected chi connectivity index (χ4v) is 3.43. The average Bonchev–Trinajstić information content (AvgIpc) is 2.74. The van der Waals surface area contributed by atoms with Crippen LogP contribution >= 0.6 is 11.8 Å². The number of nitrogens with one attached hydrogen (secondary N) is 2. The van der Waals surface area contributed by atoms with Crippen LogP contribution in [0.1, 0.15) is 17.3 Å². The molecule has 2 rings (SSSR count). The highest BCUT2D eigenvalue weighted by Crippen LogP contribution is 2.33. The Morgan fingerprint density at radius 2 is 1.76 bits per heavy atom. The molecule has 0 spiro atoms. The second-order valence-electron chi connectivity index (χ2n) is 6.06. The van der Waals surface area contributed by atoms with E-state index in [0.717, 1.165) is 4.90 Å². The van der Waals surface area contributed by atoms with Crippen LogP contribution in [0.25, 0.3) is 0 Å². The first kappa shape index (κ1) is 22.6. The number of amides is 2. The Hall–Kier alpha value is -2.71. The molecule has 0 bridgehead atoms. The van der Waals surface area contributed by atoms with Crippen LogP contribution in [-0.4, -0.2) is 51.5 Å². The topological polar surface area (TPSA) is 85.9 Å². The van der Waals surface area contributed by atoms with Crippen molar-refractivity contribution in [3.8, 4) is 11.5 Å². The van der Waals surface area contributed by atoms with Crippen molar-refractivity contribution in [2.75, 3.05) is 39.8 Å². The normalized spacial score (nSPS) is 11.4. The number of benzene rings is 2. The van der Waals surface area contributed by atoms with Gasteiger partial charge in [-0.25, -0.2) is 0 Å². The molecular formula is C21H26N2O5S. The van der Waals surface area contributed by atoms with Crippen molar-refractivity contribution in [3.05, 3.63) is 48.0 Å². The molecule has 8 heteroatoms. The first-order valence-electron chi connectivity index (χ1n) is 9.05. The Labute approximate surface area is 175 Å². The first-order chi connectivity index (χ1) is 14.0. The molecule has 0 radical (unpaired) electrons. The van der Waals surface area contributed by atoms with Gasteiger partial charge in [-0.15, -0.1) is 11.8 Å². The molecule has 2 N–H and O–H groups in total. The second kappa shape index (κ2) is 11.3. The minimum Gasteiger partial charge on any atom is -0.493 e. The van der Waals surface area contributed by atoms with Gasteiger partial charge >= 0.3 is 0 Å². The summed E-state index contributed by atoms with van der Waals surface area (Å²) in [5.41, 5.74) is 0.868. The van der Waals surface area contributed by atoms with E-state index in [9.17, 15) is 9.59 Å². The van der Waals surface area contributed by atoms with Crippen LogP contribution in [0.15, 0.2) is 47.4 Å². The lowest BCUT2D eigenvalue weighted by Gasteiger charge is -2.15. The number of thioether (sulfide) groups is 1. The summed E-state index contributed by atoms with van der Waals surface area (Å²) < 4.78 is 15.5. The Kier molecular flexibility index (Phi) is 8.82. The van der Waals surface area contributed by atoms with E-state index in [0.29, 0.717) is 35.9 Å². The molecule has 0 aliphatic carbocycles. The van der Waals surface area contributed by atoms with Gasteiger partial charge in [0.1, 0.15) is 0 Å². The summed E-state index contributed by atoms with van der Waals surface area (Å²) in [5.74, 6) is 0.755. The van der Waals surface area contributed by atoms with Crippen molar-refractivity contribution in [2.24, 2.45) is 0 Å². The van der Waals surface area contributed by atoms with Gasteiger partial charge in [0.15, 0.2) is 11.5 Å². The van der Waals surface area contributed by atoms with Crippen LogP contribution in [0.2, 0.25) is 0 Å². The van der Waals surface area contributed by atoms with Crippen molar-refractivity contribution < 1.29 is 23.8 Å². The molecule has 2 amide bonds. The van der Waals surface area contributed by atoms with Crippen molar-refractivity contribution in [1.29, 1.82) is 0 Å². The van der Waals surface area contributed by atoms with Crippen LogP contribution in [0.5, 0.6) is 11.5 Å². The molecule has 156 valence electrons.